The third kappa shape index (κ3) is 2.75. The van der Waals surface area contributed by atoms with Gasteiger partial charge in [-0.2, -0.15) is 0 Å². The molecule has 0 radical (unpaired) electrons. The standard InChI is InChI=1S/C19H18O2/c1-2-21-19(20)13-15-12-18(14-8-4-3-5-9-14)17-11-7-6-10-16(15)17/h3-12,18H,2,13H2,1H3/t18-/m1/s1. The van der Waals surface area contributed by atoms with E-state index in [0.717, 1.165) is 5.57 Å². The summed E-state index contributed by atoms with van der Waals surface area (Å²) < 4.78 is 5.08. The molecule has 3 rings (SSSR count). The van der Waals surface area contributed by atoms with Crippen LogP contribution in [0.1, 0.15) is 36.0 Å². The molecule has 0 N–H and O–H groups in total. The van der Waals surface area contributed by atoms with Crippen LogP contribution in [0.15, 0.2) is 60.7 Å². The summed E-state index contributed by atoms with van der Waals surface area (Å²) >= 11 is 0. The molecule has 2 aromatic rings. The van der Waals surface area contributed by atoms with Crippen LogP contribution >= 0.6 is 0 Å². The van der Waals surface area contributed by atoms with Crippen molar-refractivity contribution in [1.29, 1.82) is 0 Å². The number of hydrogen-bond donors (Lipinski definition) is 0. The van der Waals surface area contributed by atoms with Crippen LogP contribution in [0, 0.1) is 0 Å². The maximum absolute atomic E-state index is 11.8. The molecule has 0 aliphatic heterocycles. The van der Waals surface area contributed by atoms with Crippen LogP contribution in [0.25, 0.3) is 5.57 Å². The second-order valence-corrected chi connectivity index (χ2v) is 5.15. The molecule has 0 spiro atoms. The molecule has 0 unspecified atom stereocenters. The number of ether oxygens (including phenoxy) is 1. The van der Waals surface area contributed by atoms with Gasteiger partial charge in [0.15, 0.2) is 0 Å². The average Bonchev–Trinajstić information content (AvgIpc) is 2.87. The third-order valence-corrected chi connectivity index (χ3v) is 3.81. The van der Waals surface area contributed by atoms with Gasteiger partial charge in [-0.05, 0) is 29.2 Å². The average molecular weight is 278 g/mol. The van der Waals surface area contributed by atoms with E-state index in [1.54, 1.807) is 0 Å². The van der Waals surface area contributed by atoms with Crippen LogP contribution < -0.4 is 0 Å². The smallest absolute Gasteiger partial charge is 0.310 e. The highest BCUT2D eigenvalue weighted by atomic mass is 16.5. The third-order valence-electron chi connectivity index (χ3n) is 3.81. The zero-order chi connectivity index (χ0) is 14.7. The maximum Gasteiger partial charge on any atom is 0.310 e. The molecule has 21 heavy (non-hydrogen) atoms. The Morgan fingerprint density at radius 3 is 2.52 bits per heavy atom. The van der Waals surface area contributed by atoms with E-state index in [0.29, 0.717) is 13.0 Å². The molecule has 1 atom stereocenters. The Labute approximate surface area is 125 Å². The van der Waals surface area contributed by atoms with Crippen molar-refractivity contribution in [3.05, 3.63) is 77.4 Å². The van der Waals surface area contributed by atoms with Crippen molar-refractivity contribution in [2.24, 2.45) is 0 Å². The van der Waals surface area contributed by atoms with Crippen molar-refractivity contribution in [2.75, 3.05) is 6.61 Å². The first kappa shape index (κ1) is 13.6. The summed E-state index contributed by atoms with van der Waals surface area (Å²) in [6, 6.07) is 18.7. The molecular weight excluding hydrogens is 260 g/mol. The zero-order valence-electron chi connectivity index (χ0n) is 12.1. The molecule has 0 saturated carbocycles. The van der Waals surface area contributed by atoms with Gasteiger partial charge in [-0.3, -0.25) is 4.79 Å². The van der Waals surface area contributed by atoms with Gasteiger partial charge in [0.2, 0.25) is 0 Å². The predicted octanol–water partition coefficient (Wildman–Crippen LogP) is 4.17. The van der Waals surface area contributed by atoms with E-state index in [1.165, 1.54) is 16.7 Å². The molecular formula is C19H18O2. The number of carbonyl (C=O) groups is 1. The summed E-state index contributed by atoms with van der Waals surface area (Å²) in [5.74, 6) is 0.0686. The molecule has 0 fully saturated rings. The van der Waals surface area contributed by atoms with E-state index in [-0.39, 0.29) is 11.9 Å². The Morgan fingerprint density at radius 2 is 1.76 bits per heavy atom. The lowest BCUT2D eigenvalue weighted by Crippen LogP contribution is -2.04. The van der Waals surface area contributed by atoms with Crippen molar-refractivity contribution in [1.82, 2.24) is 0 Å². The van der Waals surface area contributed by atoms with Crippen molar-refractivity contribution < 1.29 is 9.53 Å². The number of fused-ring (bicyclic) bond motifs is 1. The van der Waals surface area contributed by atoms with E-state index >= 15 is 0 Å². The van der Waals surface area contributed by atoms with E-state index in [4.69, 9.17) is 4.74 Å². The van der Waals surface area contributed by atoms with Gasteiger partial charge in [-0.15, -0.1) is 0 Å². The van der Waals surface area contributed by atoms with Crippen molar-refractivity contribution in [3.63, 3.8) is 0 Å². The Morgan fingerprint density at radius 1 is 1.05 bits per heavy atom. The highest BCUT2D eigenvalue weighted by molar-refractivity contribution is 5.89. The van der Waals surface area contributed by atoms with Crippen LogP contribution in [0.5, 0.6) is 0 Å². The fraction of sp³-hybridized carbons (Fsp3) is 0.211. The number of benzene rings is 2. The minimum Gasteiger partial charge on any atom is -0.466 e. The van der Waals surface area contributed by atoms with Crippen molar-refractivity contribution >= 4 is 11.5 Å². The molecule has 0 saturated heterocycles. The summed E-state index contributed by atoms with van der Waals surface area (Å²) in [5.41, 5.74) is 4.75. The first-order valence-corrected chi connectivity index (χ1v) is 7.30. The van der Waals surface area contributed by atoms with E-state index in [9.17, 15) is 4.79 Å². The molecule has 2 nitrogen and oxygen atoms in total. The lowest BCUT2D eigenvalue weighted by molar-refractivity contribution is -0.141. The quantitative estimate of drug-likeness (QED) is 0.785. The number of carbonyl (C=O) groups excluding carboxylic acids is 1. The predicted molar refractivity (Wildman–Crippen MR) is 84.0 cm³/mol. The van der Waals surface area contributed by atoms with Gasteiger partial charge < -0.3 is 4.74 Å². The Bertz CT molecular complexity index is 671. The van der Waals surface area contributed by atoms with Crippen molar-refractivity contribution in [2.45, 2.75) is 19.3 Å². The monoisotopic (exact) mass is 278 g/mol. The molecule has 2 heteroatoms. The van der Waals surface area contributed by atoms with E-state index in [2.05, 4.69) is 48.5 Å². The van der Waals surface area contributed by atoms with Crippen molar-refractivity contribution in [3.8, 4) is 0 Å². The maximum atomic E-state index is 11.8. The van der Waals surface area contributed by atoms with Gasteiger partial charge in [-0.1, -0.05) is 60.7 Å². The summed E-state index contributed by atoms with van der Waals surface area (Å²) in [5, 5.41) is 0. The second-order valence-electron chi connectivity index (χ2n) is 5.15. The first-order chi connectivity index (χ1) is 10.3. The Balaban J connectivity index is 1.96. The van der Waals surface area contributed by atoms with Gasteiger partial charge in [0.1, 0.15) is 0 Å². The highest BCUT2D eigenvalue weighted by Crippen LogP contribution is 2.41. The van der Waals surface area contributed by atoms with Crippen LogP contribution in [-0.2, 0) is 9.53 Å². The summed E-state index contributed by atoms with van der Waals surface area (Å²) in [6.07, 6.45) is 2.53. The minimum absolute atomic E-state index is 0.160. The molecule has 0 aromatic heterocycles. The van der Waals surface area contributed by atoms with Crippen LogP contribution in [-0.4, -0.2) is 12.6 Å². The molecule has 106 valence electrons. The number of rotatable bonds is 4. The zero-order valence-corrected chi connectivity index (χ0v) is 12.1. The molecule has 0 heterocycles. The minimum atomic E-state index is -0.160. The molecule has 0 amide bonds. The largest absolute Gasteiger partial charge is 0.466 e. The molecule has 2 aromatic carbocycles. The fourth-order valence-corrected chi connectivity index (χ4v) is 2.90. The molecule has 1 aliphatic carbocycles. The van der Waals surface area contributed by atoms with Gasteiger partial charge in [0, 0.05) is 5.92 Å². The SMILES string of the molecule is CCOC(=O)CC1=C[C@H](c2ccccc2)c2ccccc21. The first-order valence-electron chi connectivity index (χ1n) is 7.30. The van der Waals surface area contributed by atoms with Gasteiger partial charge in [0.05, 0.1) is 13.0 Å². The topological polar surface area (TPSA) is 26.3 Å². The Hall–Kier alpha value is -2.35. The summed E-state index contributed by atoms with van der Waals surface area (Å²) in [4.78, 5) is 11.8. The van der Waals surface area contributed by atoms with Gasteiger partial charge in [0.25, 0.3) is 0 Å². The molecule has 0 bridgehead atoms. The van der Waals surface area contributed by atoms with Gasteiger partial charge in [-0.25, -0.2) is 0 Å². The lowest BCUT2D eigenvalue weighted by atomic mass is 9.93. The normalized spacial score (nSPS) is 16.2. The van der Waals surface area contributed by atoms with Crippen LogP contribution in [0.2, 0.25) is 0 Å². The number of esters is 1. The molecule has 1 aliphatic rings. The summed E-state index contributed by atoms with van der Waals surface area (Å²) in [6.45, 7) is 2.26. The van der Waals surface area contributed by atoms with Crippen LogP contribution in [0.4, 0.5) is 0 Å². The van der Waals surface area contributed by atoms with E-state index < -0.39 is 0 Å². The van der Waals surface area contributed by atoms with Gasteiger partial charge >= 0.3 is 5.97 Å². The summed E-state index contributed by atoms with van der Waals surface area (Å²) in [7, 11) is 0. The number of hydrogen-bond acceptors (Lipinski definition) is 2. The highest BCUT2D eigenvalue weighted by Gasteiger charge is 2.25. The van der Waals surface area contributed by atoms with Crippen LogP contribution in [0.3, 0.4) is 0 Å². The number of allylic oxidation sites excluding steroid dienone is 1. The fourth-order valence-electron chi connectivity index (χ4n) is 2.90. The Kier molecular flexibility index (Phi) is 3.87. The second kappa shape index (κ2) is 5.96. The van der Waals surface area contributed by atoms with E-state index in [1.807, 2.05) is 19.1 Å². The lowest BCUT2D eigenvalue weighted by Gasteiger charge is -2.10.